The standard InChI is InChI=1S/C13H16N4O2/c1-8-7-11(17(2)16-8)15-13(18)9-5-4-6-10(19-3)12(9)14/h4-7H,14H2,1-3H3,(H,15,18). The summed E-state index contributed by atoms with van der Waals surface area (Å²) in [5.41, 5.74) is 7.41. The lowest BCUT2D eigenvalue weighted by Crippen LogP contribution is -2.16. The van der Waals surface area contributed by atoms with Gasteiger partial charge in [0.15, 0.2) is 0 Å². The number of nitrogen functional groups attached to an aromatic ring is 1. The molecule has 1 aromatic heterocycles. The lowest BCUT2D eigenvalue weighted by atomic mass is 10.1. The maximum atomic E-state index is 12.2. The van der Waals surface area contributed by atoms with Gasteiger partial charge in [0.05, 0.1) is 24.1 Å². The van der Waals surface area contributed by atoms with Gasteiger partial charge in [-0.3, -0.25) is 9.48 Å². The van der Waals surface area contributed by atoms with Crippen LogP contribution in [0.15, 0.2) is 24.3 Å². The van der Waals surface area contributed by atoms with Crippen LogP contribution < -0.4 is 15.8 Å². The molecular weight excluding hydrogens is 244 g/mol. The van der Waals surface area contributed by atoms with Crippen LogP contribution in [0, 0.1) is 6.92 Å². The molecule has 6 heteroatoms. The zero-order valence-electron chi connectivity index (χ0n) is 11.1. The van der Waals surface area contributed by atoms with E-state index in [-0.39, 0.29) is 5.91 Å². The summed E-state index contributed by atoms with van der Waals surface area (Å²) in [6.07, 6.45) is 0. The van der Waals surface area contributed by atoms with E-state index in [1.165, 1.54) is 7.11 Å². The van der Waals surface area contributed by atoms with E-state index in [1.807, 2.05) is 6.92 Å². The number of methoxy groups -OCH3 is 1. The molecule has 0 fully saturated rings. The molecule has 6 nitrogen and oxygen atoms in total. The SMILES string of the molecule is COc1cccc(C(=O)Nc2cc(C)nn2C)c1N. The topological polar surface area (TPSA) is 82.2 Å². The van der Waals surface area contributed by atoms with E-state index in [4.69, 9.17) is 10.5 Å². The number of carbonyl (C=O) groups is 1. The van der Waals surface area contributed by atoms with Crippen LogP contribution in [0.5, 0.6) is 5.75 Å². The molecule has 0 radical (unpaired) electrons. The van der Waals surface area contributed by atoms with Gasteiger partial charge < -0.3 is 15.8 Å². The zero-order chi connectivity index (χ0) is 14.0. The number of aryl methyl sites for hydroxylation is 2. The molecule has 100 valence electrons. The van der Waals surface area contributed by atoms with Crippen LogP contribution in [0.3, 0.4) is 0 Å². The van der Waals surface area contributed by atoms with Crippen molar-refractivity contribution in [1.29, 1.82) is 0 Å². The first-order valence-corrected chi connectivity index (χ1v) is 5.77. The number of nitrogens with two attached hydrogens (primary N) is 1. The monoisotopic (exact) mass is 260 g/mol. The van der Waals surface area contributed by atoms with Gasteiger partial charge in [-0.25, -0.2) is 0 Å². The first kappa shape index (κ1) is 12.9. The second-order valence-corrected chi connectivity index (χ2v) is 4.17. The number of para-hydroxylation sites is 1. The molecule has 1 heterocycles. The van der Waals surface area contributed by atoms with E-state index in [2.05, 4.69) is 10.4 Å². The molecular formula is C13H16N4O2. The highest BCUT2D eigenvalue weighted by Crippen LogP contribution is 2.25. The predicted molar refractivity (Wildman–Crippen MR) is 73.3 cm³/mol. The number of nitrogens with one attached hydrogen (secondary N) is 1. The number of benzene rings is 1. The fourth-order valence-electron chi connectivity index (χ4n) is 1.83. The first-order chi connectivity index (χ1) is 9.02. The van der Waals surface area contributed by atoms with Crippen molar-refractivity contribution in [2.45, 2.75) is 6.92 Å². The third-order valence-corrected chi connectivity index (χ3v) is 2.77. The molecule has 2 rings (SSSR count). The fraction of sp³-hybridized carbons (Fsp3) is 0.231. The van der Waals surface area contributed by atoms with Gasteiger partial charge in [-0.15, -0.1) is 0 Å². The van der Waals surface area contributed by atoms with Crippen molar-refractivity contribution in [3.05, 3.63) is 35.5 Å². The summed E-state index contributed by atoms with van der Waals surface area (Å²) in [7, 11) is 3.27. The molecule has 0 aliphatic rings. The Morgan fingerprint density at radius 2 is 2.21 bits per heavy atom. The number of aromatic nitrogens is 2. The van der Waals surface area contributed by atoms with E-state index in [0.29, 0.717) is 22.8 Å². The summed E-state index contributed by atoms with van der Waals surface area (Å²) in [6.45, 7) is 1.86. The van der Waals surface area contributed by atoms with Crippen molar-refractivity contribution >= 4 is 17.4 Å². The van der Waals surface area contributed by atoms with E-state index in [0.717, 1.165) is 5.69 Å². The van der Waals surface area contributed by atoms with Gasteiger partial charge in [0.2, 0.25) is 0 Å². The molecule has 0 spiro atoms. The van der Waals surface area contributed by atoms with E-state index in [9.17, 15) is 4.79 Å². The van der Waals surface area contributed by atoms with Crippen LogP contribution in [0.2, 0.25) is 0 Å². The molecule has 0 saturated carbocycles. The zero-order valence-corrected chi connectivity index (χ0v) is 11.1. The lowest BCUT2D eigenvalue weighted by molar-refractivity contribution is 0.102. The van der Waals surface area contributed by atoms with Crippen molar-refractivity contribution in [2.75, 3.05) is 18.2 Å². The van der Waals surface area contributed by atoms with Gasteiger partial charge in [0.1, 0.15) is 11.6 Å². The number of hydrogen-bond donors (Lipinski definition) is 2. The minimum absolute atomic E-state index is 0.292. The highest BCUT2D eigenvalue weighted by atomic mass is 16.5. The van der Waals surface area contributed by atoms with Gasteiger partial charge in [-0.1, -0.05) is 6.07 Å². The molecule has 0 saturated heterocycles. The number of anilines is 2. The van der Waals surface area contributed by atoms with E-state index >= 15 is 0 Å². The summed E-state index contributed by atoms with van der Waals surface area (Å²) in [4.78, 5) is 12.2. The van der Waals surface area contributed by atoms with Gasteiger partial charge in [0.25, 0.3) is 5.91 Å². The summed E-state index contributed by atoms with van der Waals surface area (Å²) >= 11 is 0. The van der Waals surface area contributed by atoms with Crippen LogP contribution in [-0.2, 0) is 7.05 Å². The van der Waals surface area contributed by atoms with Crippen molar-refractivity contribution in [2.24, 2.45) is 7.05 Å². The summed E-state index contributed by atoms with van der Waals surface area (Å²) in [6, 6.07) is 6.86. The van der Waals surface area contributed by atoms with Gasteiger partial charge >= 0.3 is 0 Å². The number of hydrogen-bond acceptors (Lipinski definition) is 4. The van der Waals surface area contributed by atoms with E-state index in [1.54, 1.807) is 36.0 Å². The first-order valence-electron chi connectivity index (χ1n) is 5.77. The Kier molecular flexibility index (Phi) is 3.41. The quantitative estimate of drug-likeness (QED) is 0.821. The molecule has 0 aliphatic carbocycles. The Morgan fingerprint density at radius 3 is 2.79 bits per heavy atom. The van der Waals surface area contributed by atoms with Crippen LogP contribution in [-0.4, -0.2) is 22.8 Å². The minimum Gasteiger partial charge on any atom is -0.495 e. The Bertz CT molecular complexity index is 619. The highest BCUT2D eigenvalue weighted by Gasteiger charge is 2.14. The maximum absolute atomic E-state index is 12.2. The predicted octanol–water partition coefficient (Wildman–Crippen LogP) is 1.57. The van der Waals surface area contributed by atoms with Crippen LogP contribution in [0.4, 0.5) is 11.5 Å². The lowest BCUT2D eigenvalue weighted by Gasteiger charge is -2.10. The molecule has 0 atom stereocenters. The Hall–Kier alpha value is -2.50. The van der Waals surface area contributed by atoms with E-state index < -0.39 is 0 Å². The third kappa shape index (κ3) is 2.52. The van der Waals surface area contributed by atoms with Crippen LogP contribution in [0.25, 0.3) is 0 Å². The Balaban J connectivity index is 2.28. The highest BCUT2D eigenvalue weighted by molar-refractivity contribution is 6.08. The number of amides is 1. The van der Waals surface area contributed by atoms with Gasteiger partial charge in [-0.2, -0.15) is 5.10 Å². The third-order valence-electron chi connectivity index (χ3n) is 2.77. The van der Waals surface area contributed by atoms with Crippen molar-refractivity contribution in [3.8, 4) is 5.75 Å². The molecule has 1 aromatic carbocycles. The molecule has 0 bridgehead atoms. The molecule has 3 N–H and O–H groups in total. The minimum atomic E-state index is -0.292. The van der Waals surface area contributed by atoms with Crippen molar-refractivity contribution in [1.82, 2.24) is 9.78 Å². The van der Waals surface area contributed by atoms with Gasteiger partial charge in [-0.05, 0) is 19.1 Å². The smallest absolute Gasteiger partial charge is 0.259 e. The van der Waals surface area contributed by atoms with Crippen molar-refractivity contribution in [3.63, 3.8) is 0 Å². The number of carbonyl (C=O) groups excluding carboxylic acids is 1. The molecule has 0 aliphatic heterocycles. The number of rotatable bonds is 3. The summed E-state index contributed by atoms with van der Waals surface area (Å²) in [5.74, 6) is 0.804. The molecule has 1 amide bonds. The van der Waals surface area contributed by atoms with Crippen LogP contribution >= 0.6 is 0 Å². The maximum Gasteiger partial charge on any atom is 0.259 e. The largest absolute Gasteiger partial charge is 0.495 e. The average molecular weight is 260 g/mol. The number of nitrogens with zero attached hydrogens (tertiary/aromatic N) is 2. The number of ether oxygens (including phenoxy) is 1. The van der Waals surface area contributed by atoms with Crippen LogP contribution in [0.1, 0.15) is 16.1 Å². The second kappa shape index (κ2) is 5.01. The average Bonchev–Trinajstić information content (AvgIpc) is 2.68. The molecule has 2 aromatic rings. The van der Waals surface area contributed by atoms with Gasteiger partial charge in [0, 0.05) is 13.1 Å². The normalized spacial score (nSPS) is 10.3. The fourth-order valence-corrected chi connectivity index (χ4v) is 1.83. The summed E-state index contributed by atoms with van der Waals surface area (Å²) < 4.78 is 6.69. The molecule has 0 unspecified atom stereocenters. The Morgan fingerprint density at radius 1 is 1.47 bits per heavy atom. The Labute approximate surface area is 111 Å². The van der Waals surface area contributed by atoms with Crippen molar-refractivity contribution < 1.29 is 9.53 Å². The second-order valence-electron chi connectivity index (χ2n) is 4.17. The molecule has 19 heavy (non-hydrogen) atoms. The summed E-state index contributed by atoms with van der Waals surface area (Å²) in [5, 5.41) is 6.93.